The Morgan fingerprint density at radius 3 is 1.68 bits per heavy atom. The van der Waals surface area contributed by atoms with Crippen molar-refractivity contribution < 1.29 is 14.3 Å². The lowest BCUT2D eigenvalue weighted by atomic mass is 10.3. The summed E-state index contributed by atoms with van der Waals surface area (Å²) in [6, 6.07) is 36.2. The lowest BCUT2D eigenvalue weighted by Gasteiger charge is -2.09. The van der Waals surface area contributed by atoms with E-state index in [4.69, 9.17) is 9.47 Å². The van der Waals surface area contributed by atoms with E-state index in [0.29, 0.717) is 11.5 Å². The number of hydrogen-bond donors (Lipinski definition) is 0. The monoisotopic (exact) mass is 539 g/mol. The van der Waals surface area contributed by atoms with E-state index in [2.05, 4.69) is 83.3 Å². The van der Waals surface area contributed by atoms with E-state index >= 15 is 0 Å². The lowest BCUT2D eigenvalue weighted by Crippen LogP contribution is -2.17. The van der Waals surface area contributed by atoms with E-state index < -0.39 is 5.97 Å². The maximum atomic E-state index is 12.1. The highest BCUT2D eigenvalue weighted by Crippen LogP contribution is 2.31. The van der Waals surface area contributed by atoms with Crippen LogP contribution in [0.2, 0.25) is 0 Å². The number of rotatable bonds is 7. The van der Waals surface area contributed by atoms with Gasteiger partial charge in [-0.1, -0.05) is 36.4 Å². The Hall–Kier alpha value is -2.77. The minimum absolute atomic E-state index is 0.144. The molecule has 0 saturated carbocycles. The first-order chi connectivity index (χ1) is 15.2. The Balaban J connectivity index is 1.45. The smallest absolute Gasteiger partial charge is 0.349 e. The molecule has 3 nitrogen and oxygen atoms in total. The largest absolute Gasteiger partial charge is 0.482 e. The molecule has 0 radical (unpaired) electrons. The van der Waals surface area contributed by atoms with Gasteiger partial charge >= 0.3 is 5.97 Å². The Morgan fingerprint density at radius 1 is 0.645 bits per heavy atom. The molecule has 4 aromatic carbocycles. The van der Waals surface area contributed by atoms with Gasteiger partial charge in [0.2, 0.25) is 0 Å². The van der Waals surface area contributed by atoms with E-state index in [1.54, 1.807) is 12.1 Å². The predicted octanol–water partition coefficient (Wildman–Crippen LogP) is 6.37. The van der Waals surface area contributed by atoms with E-state index in [-0.39, 0.29) is 17.5 Å². The Labute approximate surface area is 198 Å². The van der Waals surface area contributed by atoms with E-state index in [1.165, 1.54) is 14.7 Å². The average Bonchev–Trinajstić information content (AvgIpc) is 2.82. The number of hydrogen-bond acceptors (Lipinski definition) is 3. The van der Waals surface area contributed by atoms with Gasteiger partial charge in [-0.3, -0.25) is 0 Å². The fourth-order valence-corrected chi connectivity index (χ4v) is 5.44. The highest BCUT2D eigenvalue weighted by molar-refractivity contribution is 14.1. The Morgan fingerprint density at radius 2 is 1.13 bits per heavy atom. The van der Waals surface area contributed by atoms with Gasteiger partial charge in [0, 0.05) is 3.57 Å². The van der Waals surface area contributed by atoms with Gasteiger partial charge in [0.1, 0.15) is 11.5 Å². The van der Waals surface area contributed by atoms with Gasteiger partial charge in [-0.2, -0.15) is 0 Å². The summed E-state index contributed by atoms with van der Waals surface area (Å²) in [4.78, 5) is 15.8. The van der Waals surface area contributed by atoms with Crippen molar-refractivity contribution in [2.45, 2.75) is 14.7 Å². The summed E-state index contributed by atoms with van der Waals surface area (Å²) in [5, 5.41) is 0. The van der Waals surface area contributed by atoms with E-state index in [9.17, 15) is 4.79 Å². The normalized spacial score (nSPS) is 10.6. The van der Waals surface area contributed by atoms with E-state index in [1.807, 2.05) is 36.4 Å². The second-order valence-electron chi connectivity index (χ2n) is 6.62. The van der Waals surface area contributed by atoms with Crippen molar-refractivity contribution in [2.75, 3.05) is 6.61 Å². The van der Waals surface area contributed by atoms with Crippen LogP contribution in [0.15, 0.2) is 124 Å². The first kappa shape index (κ1) is 21.5. The summed E-state index contributed by atoms with van der Waals surface area (Å²) in [5.74, 6) is 0.714. The standard InChI is InChI=1S/C26H20IO3S/c27-20-11-13-22(14-12-20)30-26(28)19-29-21-15-17-25(18-16-21)31(23-7-3-1-4-8-23)24-9-5-2-6-10-24/h1-18H,19H2/q+1. The van der Waals surface area contributed by atoms with Gasteiger partial charge in [-0.25, -0.2) is 4.79 Å². The summed E-state index contributed by atoms with van der Waals surface area (Å²) >= 11 is 2.20. The Bertz CT molecular complexity index is 1080. The number of esters is 1. The second-order valence-corrected chi connectivity index (χ2v) is 9.89. The third-order valence-electron chi connectivity index (χ3n) is 4.42. The van der Waals surface area contributed by atoms with Crippen LogP contribution in [0.5, 0.6) is 11.5 Å². The minimum Gasteiger partial charge on any atom is -0.482 e. The maximum absolute atomic E-state index is 12.1. The summed E-state index contributed by atoms with van der Waals surface area (Å²) in [7, 11) is -0.212. The molecule has 0 spiro atoms. The number of benzene rings is 4. The van der Waals surface area contributed by atoms with Crippen molar-refractivity contribution in [2.24, 2.45) is 0 Å². The fourth-order valence-electron chi connectivity index (χ4n) is 3.00. The van der Waals surface area contributed by atoms with Gasteiger partial charge in [0.25, 0.3) is 0 Å². The molecular weight excluding hydrogens is 519 g/mol. The first-order valence-electron chi connectivity index (χ1n) is 9.72. The van der Waals surface area contributed by atoms with Crippen LogP contribution in [0.1, 0.15) is 0 Å². The Kier molecular flexibility index (Phi) is 7.27. The van der Waals surface area contributed by atoms with E-state index in [0.717, 1.165) is 3.57 Å². The lowest BCUT2D eigenvalue weighted by molar-refractivity contribution is -0.136. The highest BCUT2D eigenvalue weighted by atomic mass is 127. The zero-order valence-corrected chi connectivity index (χ0v) is 19.6. The van der Waals surface area contributed by atoms with Crippen molar-refractivity contribution in [3.63, 3.8) is 0 Å². The molecule has 0 atom stereocenters. The van der Waals surface area contributed by atoms with Gasteiger partial charge < -0.3 is 9.47 Å². The van der Waals surface area contributed by atoms with Crippen LogP contribution in [0.3, 0.4) is 0 Å². The van der Waals surface area contributed by atoms with Crippen molar-refractivity contribution in [1.82, 2.24) is 0 Å². The molecule has 0 saturated heterocycles. The summed E-state index contributed by atoms with van der Waals surface area (Å²) < 4.78 is 12.0. The summed E-state index contributed by atoms with van der Waals surface area (Å²) in [6.45, 7) is -0.144. The molecule has 0 fully saturated rings. The van der Waals surface area contributed by atoms with Crippen molar-refractivity contribution in [3.05, 3.63) is 113 Å². The number of carbonyl (C=O) groups is 1. The highest BCUT2D eigenvalue weighted by Gasteiger charge is 2.28. The molecular formula is C26H20IO3S+. The summed E-state index contributed by atoms with van der Waals surface area (Å²) in [5.41, 5.74) is 0. The van der Waals surface area contributed by atoms with Gasteiger partial charge in [0.05, 0.1) is 10.9 Å². The molecule has 154 valence electrons. The van der Waals surface area contributed by atoms with Crippen LogP contribution >= 0.6 is 22.6 Å². The molecule has 0 N–H and O–H groups in total. The first-order valence-corrected chi connectivity index (χ1v) is 12.0. The van der Waals surface area contributed by atoms with Crippen LogP contribution in [-0.4, -0.2) is 12.6 Å². The maximum Gasteiger partial charge on any atom is 0.349 e. The van der Waals surface area contributed by atoms with Crippen LogP contribution in [0, 0.1) is 3.57 Å². The predicted molar refractivity (Wildman–Crippen MR) is 132 cm³/mol. The minimum atomic E-state index is -0.432. The molecule has 0 aliphatic heterocycles. The molecule has 4 rings (SSSR count). The zero-order valence-electron chi connectivity index (χ0n) is 16.6. The zero-order chi connectivity index (χ0) is 21.5. The van der Waals surface area contributed by atoms with Crippen LogP contribution < -0.4 is 9.47 Å². The molecule has 0 amide bonds. The van der Waals surface area contributed by atoms with Crippen molar-refractivity contribution in [3.8, 4) is 11.5 Å². The molecule has 4 aromatic rings. The van der Waals surface area contributed by atoms with Gasteiger partial charge in [0.15, 0.2) is 21.3 Å². The third-order valence-corrected chi connectivity index (χ3v) is 7.37. The van der Waals surface area contributed by atoms with Crippen LogP contribution in [0.4, 0.5) is 0 Å². The number of carbonyl (C=O) groups excluding carboxylic acids is 1. The topological polar surface area (TPSA) is 35.5 Å². The molecule has 0 bridgehead atoms. The fraction of sp³-hybridized carbons (Fsp3) is 0.0385. The molecule has 0 aliphatic carbocycles. The molecule has 0 unspecified atom stereocenters. The van der Waals surface area contributed by atoms with Gasteiger partial charge in [-0.05, 0) is 95.4 Å². The van der Waals surface area contributed by atoms with Crippen molar-refractivity contribution >= 4 is 39.5 Å². The quantitative estimate of drug-likeness (QED) is 0.119. The summed E-state index contributed by atoms with van der Waals surface area (Å²) in [6.07, 6.45) is 0. The SMILES string of the molecule is O=C(COc1ccc([S+](c2ccccc2)c2ccccc2)cc1)Oc1ccc(I)cc1. The van der Waals surface area contributed by atoms with Gasteiger partial charge in [-0.15, -0.1) is 0 Å². The number of ether oxygens (including phenoxy) is 2. The third kappa shape index (κ3) is 5.89. The van der Waals surface area contributed by atoms with Crippen LogP contribution in [0.25, 0.3) is 0 Å². The molecule has 5 heteroatoms. The second kappa shape index (κ2) is 10.5. The molecule has 0 heterocycles. The molecule has 31 heavy (non-hydrogen) atoms. The number of halogens is 1. The van der Waals surface area contributed by atoms with Crippen molar-refractivity contribution in [1.29, 1.82) is 0 Å². The molecule has 0 aromatic heterocycles. The average molecular weight is 539 g/mol. The van der Waals surface area contributed by atoms with Crippen LogP contribution in [-0.2, 0) is 15.7 Å². The molecule has 0 aliphatic rings.